The Hall–Kier alpha value is -1.30. The van der Waals surface area contributed by atoms with E-state index in [1.54, 1.807) is 25.4 Å². The van der Waals surface area contributed by atoms with Gasteiger partial charge in [-0.1, -0.05) is 11.6 Å². The first-order valence-corrected chi connectivity index (χ1v) is 7.13. The fraction of sp³-hybridized carbons (Fsp3) is 0.214. The van der Waals surface area contributed by atoms with Crippen molar-refractivity contribution in [3.63, 3.8) is 0 Å². The molecule has 0 aliphatic carbocycles. The molecule has 6 heteroatoms. The smallest absolute Gasteiger partial charge is 0.212 e. The highest BCUT2D eigenvalue weighted by Crippen LogP contribution is 2.28. The molecule has 0 radical (unpaired) electrons. The Balaban J connectivity index is 2.16. The highest BCUT2D eigenvalue weighted by molar-refractivity contribution is 9.10. The predicted octanol–water partition coefficient (Wildman–Crippen LogP) is 3.65. The number of aromatic nitrogens is 1. The van der Waals surface area contributed by atoms with E-state index in [0.29, 0.717) is 10.9 Å². The van der Waals surface area contributed by atoms with Crippen molar-refractivity contribution in [1.29, 1.82) is 0 Å². The molecule has 2 rings (SSSR count). The van der Waals surface area contributed by atoms with Gasteiger partial charge in [-0.15, -0.1) is 0 Å². The Labute approximate surface area is 130 Å². The fourth-order valence-electron chi connectivity index (χ4n) is 1.74. The molecule has 0 fully saturated rings. The molecule has 1 heterocycles. The van der Waals surface area contributed by atoms with Crippen LogP contribution in [0.5, 0.6) is 5.88 Å². The summed E-state index contributed by atoms with van der Waals surface area (Å²) < 4.78 is 5.81. The zero-order valence-electron chi connectivity index (χ0n) is 10.8. The van der Waals surface area contributed by atoms with Crippen LogP contribution in [0.4, 0.5) is 5.69 Å². The summed E-state index contributed by atoms with van der Waals surface area (Å²) in [7, 11) is 1.56. The zero-order chi connectivity index (χ0) is 14.5. The summed E-state index contributed by atoms with van der Waals surface area (Å²) in [5.74, 6) is 0.541. The molecule has 1 unspecified atom stereocenters. The van der Waals surface area contributed by atoms with Crippen LogP contribution in [0.3, 0.4) is 0 Å². The number of aliphatic hydroxyl groups excluding tert-OH is 1. The van der Waals surface area contributed by atoms with Gasteiger partial charge in [-0.2, -0.15) is 0 Å². The predicted molar refractivity (Wildman–Crippen MR) is 83.4 cm³/mol. The van der Waals surface area contributed by atoms with Crippen LogP contribution in [0.25, 0.3) is 0 Å². The molecular formula is C14H14BrClN2O2. The molecule has 4 nitrogen and oxygen atoms in total. The van der Waals surface area contributed by atoms with Gasteiger partial charge in [-0.3, -0.25) is 0 Å². The maximum Gasteiger partial charge on any atom is 0.212 e. The molecule has 1 aromatic heterocycles. The number of hydrogen-bond donors (Lipinski definition) is 2. The van der Waals surface area contributed by atoms with E-state index in [9.17, 15) is 5.11 Å². The number of benzene rings is 1. The number of rotatable bonds is 5. The topological polar surface area (TPSA) is 54.4 Å². The minimum atomic E-state index is -0.249. The summed E-state index contributed by atoms with van der Waals surface area (Å²) in [5.41, 5.74) is 1.73. The quantitative estimate of drug-likeness (QED) is 0.857. The highest BCUT2D eigenvalue weighted by atomic mass is 79.9. The fourth-order valence-corrected chi connectivity index (χ4v) is 2.24. The Morgan fingerprint density at radius 1 is 1.40 bits per heavy atom. The third kappa shape index (κ3) is 3.62. The lowest BCUT2D eigenvalue weighted by Crippen LogP contribution is -2.15. The monoisotopic (exact) mass is 356 g/mol. The number of nitrogens with zero attached hydrogens (tertiary/aromatic N) is 1. The van der Waals surface area contributed by atoms with Crippen LogP contribution in [0.2, 0.25) is 5.02 Å². The summed E-state index contributed by atoms with van der Waals surface area (Å²) in [5, 5.41) is 13.4. The minimum absolute atomic E-state index is 0.0474. The number of methoxy groups -OCH3 is 1. The first-order chi connectivity index (χ1) is 9.63. The van der Waals surface area contributed by atoms with E-state index in [1.165, 1.54) is 0 Å². The van der Waals surface area contributed by atoms with Crippen LogP contribution in [0, 0.1) is 0 Å². The molecule has 0 aliphatic heterocycles. The highest BCUT2D eigenvalue weighted by Gasteiger charge is 2.11. The molecule has 20 heavy (non-hydrogen) atoms. The largest absolute Gasteiger partial charge is 0.481 e. The third-order valence-electron chi connectivity index (χ3n) is 2.81. The van der Waals surface area contributed by atoms with Gasteiger partial charge in [0.15, 0.2) is 0 Å². The average Bonchev–Trinajstić information content (AvgIpc) is 2.48. The molecule has 0 spiro atoms. The average molecular weight is 358 g/mol. The van der Waals surface area contributed by atoms with Crippen molar-refractivity contribution < 1.29 is 9.84 Å². The molecule has 106 valence electrons. The summed E-state index contributed by atoms with van der Waals surface area (Å²) in [6.45, 7) is -0.0474. The first-order valence-electron chi connectivity index (χ1n) is 5.96. The molecule has 0 saturated carbocycles. The molecular weight excluding hydrogens is 344 g/mol. The van der Waals surface area contributed by atoms with Gasteiger partial charge >= 0.3 is 0 Å². The number of aliphatic hydroxyl groups is 1. The lowest BCUT2D eigenvalue weighted by atomic mass is 10.1. The molecule has 1 aromatic carbocycles. The second kappa shape index (κ2) is 6.92. The number of ether oxygens (including phenoxy) is 1. The van der Waals surface area contributed by atoms with Gasteiger partial charge in [0.1, 0.15) is 0 Å². The summed E-state index contributed by atoms with van der Waals surface area (Å²) in [6.07, 6.45) is 1.68. The van der Waals surface area contributed by atoms with Crippen LogP contribution in [-0.2, 0) is 0 Å². The number of halogens is 2. The Kier molecular flexibility index (Phi) is 5.23. The normalized spacial score (nSPS) is 12.0. The molecule has 0 aliphatic rings. The van der Waals surface area contributed by atoms with Crippen LogP contribution >= 0.6 is 27.5 Å². The van der Waals surface area contributed by atoms with Gasteiger partial charge in [0.25, 0.3) is 0 Å². The Bertz CT molecular complexity index is 578. The van der Waals surface area contributed by atoms with E-state index in [0.717, 1.165) is 15.7 Å². The standard InChI is InChI=1S/C14H14BrClN2O2/c1-20-14-5-2-9(7-17-14)13(8-19)18-10-3-4-12(16)11(15)6-10/h2-7,13,18-19H,8H2,1H3. The molecule has 0 amide bonds. The van der Waals surface area contributed by atoms with Gasteiger partial charge < -0.3 is 15.2 Å². The van der Waals surface area contributed by atoms with Crippen molar-refractivity contribution >= 4 is 33.2 Å². The first kappa shape index (κ1) is 15.1. The number of nitrogens with one attached hydrogen (secondary N) is 1. The van der Waals surface area contributed by atoms with Crippen molar-refractivity contribution in [2.75, 3.05) is 19.0 Å². The number of pyridine rings is 1. The van der Waals surface area contributed by atoms with Gasteiger partial charge in [0.05, 0.1) is 24.8 Å². The lowest BCUT2D eigenvalue weighted by molar-refractivity contribution is 0.276. The molecule has 0 bridgehead atoms. The third-order valence-corrected chi connectivity index (χ3v) is 4.03. The summed E-state index contributed by atoms with van der Waals surface area (Å²) in [4.78, 5) is 4.14. The van der Waals surface area contributed by atoms with E-state index in [1.807, 2.05) is 18.2 Å². The van der Waals surface area contributed by atoms with E-state index >= 15 is 0 Å². The lowest BCUT2D eigenvalue weighted by Gasteiger charge is -2.18. The van der Waals surface area contributed by atoms with Crippen molar-refractivity contribution in [1.82, 2.24) is 4.98 Å². The maximum absolute atomic E-state index is 9.53. The van der Waals surface area contributed by atoms with Crippen molar-refractivity contribution in [2.24, 2.45) is 0 Å². The van der Waals surface area contributed by atoms with Crippen LogP contribution in [-0.4, -0.2) is 23.8 Å². The zero-order valence-corrected chi connectivity index (χ0v) is 13.1. The number of hydrogen-bond acceptors (Lipinski definition) is 4. The van der Waals surface area contributed by atoms with Gasteiger partial charge in [-0.05, 0) is 45.8 Å². The van der Waals surface area contributed by atoms with Crippen molar-refractivity contribution in [3.05, 3.63) is 51.6 Å². The summed E-state index contributed by atoms with van der Waals surface area (Å²) in [6, 6.07) is 8.88. The minimum Gasteiger partial charge on any atom is -0.481 e. The summed E-state index contributed by atoms with van der Waals surface area (Å²) >= 11 is 9.32. The SMILES string of the molecule is COc1ccc(C(CO)Nc2ccc(Cl)c(Br)c2)cn1. The van der Waals surface area contributed by atoms with Crippen LogP contribution in [0.1, 0.15) is 11.6 Å². The second-order valence-corrected chi connectivity index (χ2v) is 5.40. The van der Waals surface area contributed by atoms with E-state index in [-0.39, 0.29) is 12.6 Å². The van der Waals surface area contributed by atoms with E-state index < -0.39 is 0 Å². The Morgan fingerprint density at radius 3 is 2.75 bits per heavy atom. The number of anilines is 1. The molecule has 2 N–H and O–H groups in total. The second-order valence-electron chi connectivity index (χ2n) is 4.14. The van der Waals surface area contributed by atoms with Crippen LogP contribution in [0.15, 0.2) is 41.0 Å². The van der Waals surface area contributed by atoms with E-state index in [4.69, 9.17) is 16.3 Å². The Morgan fingerprint density at radius 2 is 2.20 bits per heavy atom. The van der Waals surface area contributed by atoms with Crippen molar-refractivity contribution in [3.8, 4) is 5.88 Å². The molecule has 0 saturated heterocycles. The maximum atomic E-state index is 9.53. The van der Waals surface area contributed by atoms with E-state index in [2.05, 4.69) is 26.2 Å². The van der Waals surface area contributed by atoms with Crippen molar-refractivity contribution in [2.45, 2.75) is 6.04 Å². The molecule has 1 atom stereocenters. The van der Waals surface area contributed by atoms with Gasteiger partial charge in [0, 0.05) is 22.4 Å². The molecule has 2 aromatic rings. The van der Waals surface area contributed by atoms with Gasteiger partial charge in [0.2, 0.25) is 5.88 Å². The van der Waals surface area contributed by atoms with Gasteiger partial charge in [-0.25, -0.2) is 4.98 Å². The van der Waals surface area contributed by atoms with Crippen LogP contribution < -0.4 is 10.1 Å².